The number of hydrogen-bond acceptors (Lipinski definition) is 2. The normalized spacial score (nSPS) is 43.6. The van der Waals surface area contributed by atoms with Gasteiger partial charge in [-0.1, -0.05) is 6.92 Å². The predicted molar refractivity (Wildman–Crippen MR) is 35.3 cm³/mol. The van der Waals surface area contributed by atoms with Crippen molar-refractivity contribution in [2.75, 3.05) is 6.61 Å². The number of aliphatic hydroxyl groups excluding tert-OH is 1. The van der Waals surface area contributed by atoms with E-state index in [4.69, 9.17) is 17.7 Å². The molecular formula is C6H11BO2. The highest BCUT2D eigenvalue weighted by molar-refractivity contribution is 6.11. The number of rotatable bonds is 1. The van der Waals surface area contributed by atoms with Crippen LogP contribution >= 0.6 is 0 Å². The average molecular weight is 126 g/mol. The minimum atomic E-state index is -0.155. The molecule has 0 spiro atoms. The summed E-state index contributed by atoms with van der Waals surface area (Å²) >= 11 is 0. The second kappa shape index (κ2) is 2.71. The summed E-state index contributed by atoms with van der Waals surface area (Å²) in [6, 6.07) is -0.155. The largest absolute Gasteiger partial charge is 0.394 e. The van der Waals surface area contributed by atoms with E-state index < -0.39 is 0 Å². The summed E-state index contributed by atoms with van der Waals surface area (Å²) in [4.78, 5) is 0. The van der Waals surface area contributed by atoms with Gasteiger partial charge in [0, 0.05) is 6.00 Å². The van der Waals surface area contributed by atoms with Crippen LogP contribution in [0.15, 0.2) is 0 Å². The van der Waals surface area contributed by atoms with E-state index in [1.54, 1.807) is 0 Å². The molecule has 0 saturated carbocycles. The fraction of sp³-hybridized carbons (Fsp3) is 1.00. The molecule has 2 radical (unpaired) electrons. The van der Waals surface area contributed by atoms with E-state index in [9.17, 15) is 0 Å². The van der Waals surface area contributed by atoms with E-state index in [1.165, 1.54) is 0 Å². The topological polar surface area (TPSA) is 29.5 Å². The summed E-state index contributed by atoms with van der Waals surface area (Å²) in [5.74, 6) is 0.407. The van der Waals surface area contributed by atoms with Crippen molar-refractivity contribution in [2.45, 2.75) is 25.5 Å². The van der Waals surface area contributed by atoms with Gasteiger partial charge < -0.3 is 9.84 Å². The molecule has 1 aliphatic heterocycles. The molecule has 0 aromatic heterocycles. The molecule has 0 bridgehead atoms. The first-order valence-electron chi connectivity index (χ1n) is 3.26. The number of ether oxygens (including phenoxy) is 1. The van der Waals surface area contributed by atoms with Gasteiger partial charge >= 0.3 is 0 Å². The van der Waals surface area contributed by atoms with E-state index in [2.05, 4.69) is 0 Å². The Labute approximate surface area is 56.6 Å². The average Bonchev–Trinajstić information content (AvgIpc) is 2.10. The van der Waals surface area contributed by atoms with E-state index in [-0.39, 0.29) is 18.7 Å². The Morgan fingerprint density at radius 3 is 2.67 bits per heavy atom. The SMILES string of the molecule is [B][C@H]1C[C@H](C)[C@@H](CO)O1. The Hall–Kier alpha value is -0.0151. The number of hydrogen-bond donors (Lipinski definition) is 1. The predicted octanol–water partition coefficient (Wildman–Crippen LogP) is -0.102. The molecule has 1 rings (SSSR count). The molecule has 2 nitrogen and oxygen atoms in total. The fourth-order valence-electron chi connectivity index (χ4n) is 1.16. The quantitative estimate of drug-likeness (QED) is 0.497. The molecule has 0 amide bonds. The second-order valence-corrected chi connectivity index (χ2v) is 2.61. The van der Waals surface area contributed by atoms with Crippen molar-refractivity contribution < 1.29 is 9.84 Å². The van der Waals surface area contributed by atoms with Crippen molar-refractivity contribution in [3.8, 4) is 0 Å². The molecule has 50 valence electrons. The zero-order valence-electron chi connectivity index (χ0n) is 5.58. The zero-order chi connectivity index (χ0) is 6.85. The van der Waals surface area contributed by atoms with Gasteiger partial charge in [-0.15, -0.1) is 0 Å². The maximum absolute atomic E-state index is 8.67. The Balaban J connectivity index is 2.38. The van der Waals surface area contributed by atoms with Crippen LogP contribution in [0.3, 0.4) is 0 Å². The lowest BCUT2D eigenvalue weighted by Gasteiger charge is -2.09. The first-order valence-corrected chi connectivity index (χ1v) is 3.26. The summed E-state index contributed by atoms with van der Waals surface area (Å²) in [6.45, 7) is 2.13. The van der Waals surface area contributed by atoms with Gasteiger partial charge in [0.15, 0.2) is 0 Å². The first kappa shape index (κ1) is 7.10. The van der Waals surface area contributed by atoms with Gasteiger partial charge in [0.1, 0.15) is 7.85 Å². The summed E-state index contributed by atoms with van der Waals surface area (Å²) in [6.07, 6.45) is 0.839. The molecule has 3 atom stereocenters. The van der Waals surface area contributed by atoms with Crippen molar-refractivity contribution in [1.82, 2.24) is 0 Å². The van der Waals surface area contributed by atoms with Gasteiger partial charge in [0.05, 0.1) is 12.7 Å². The van der Waals surface area contributed by atoms with Gasteiger partial charge in [-0.25, -0.2) is 0 Å². The Morgan fingerprint density at radius 1 is 1.78 bits per heavy atom. The summed E-state index contributed by atoms with van der Waals surface area (Å²) < 4.78 is 5.15. The van der Waals surface area contributed by atoms with E-state index in [1.807, 2.05) is 6.92 Å². The maximum Gasteiger partial charge on any atom is 0.109 e. The van der Waals surface area contributed by atoms with Crippen molar-refractivity contribution in [3.63, 3.8) is 0 Å². The summed E-state index contributed by atoms with van der Waals surface area (Å²) in [7, 11) is 5.46. The van der Waals surface area contributed by atoms with Crippen LogP contribution in [0, 0.1) is 5.92 Å². The van der Waals surface area contributed by atoms with Crippen LogP contribution in [0.2, 0.25) is 0 Å². The van der Waals surface area contributed by atoms with E-state index in [0.29, 0.717) is 5.92 Å². The van der Waals surface area contributed by atoms with Crippen molar-refractivity contribution in [1.29, 1.82) is 0 Å². The molecule has 1 heterocycles. The molecule has 1 aliphatic rings. The molecule has 0 aromatic carbocycles. The highest BCUT2D eigenvalue weighted by Crippen LogP contribution is 2.23. The van der Waals surface area contributed by atoms with Crippen LogP contribution in [-0.4, -0.2) is 31.7 Å². The van der Waals surface area contributed by atoms with Crippen LogP contribution in [0.25, 0.3) is 0 Å². The minimum Gasteiger partial charge on any atom is -0.394 e. The fourth-order valence-corrected chi connectivity index (χ4v) is 1.16. The molecule has 3 heteroatoms. The molecule has 0 aromatic rings. The molecule has 0 unspecified atom stereocenters. The molecule has 9 heavy (non-hydrogen) atoms. The van der Waals surface area contributed by atoms with Crippen LogP contribution in [-0.2, 0) is 4.74 Å². The van der Waals surface area contributed by atoms with E-state index >= 15 is 0 Å². The highest BCUT2D eigenvalue weighted by Gasteiger charge is 2.27. The monoisotopic (exact) mass is 126 g/mol. The van der Waals surface area contributed by atoms with Gasteiger partial charge in [-0.05, 0) is 12.3 Å². The Bertz CT molecular complexity index is 97.1. The molecule has 1 N–H and O–H groups in total. The van der Waals surface area contributed by atoms with Gasteiger partial charge in [0.25, 0.3) is 0 Å². The third-order valence-electron chi connectivity index (χ3n) is 1.77. The minimum absolute atomic E-state index is 0.0278. The van der Waals surface area contributed by atoms with Gasteiger partial charge in [0.2, 0.25) is 0 Å². The maximum atomic E-state index is 8.67. The highest BCUT2D eigenvalue weighted by atomic mass is 16.5. The van der Waals surface area contributed by atoms with Crippen LogP contribution in [0.5, 0.6) is 0 Å². The lowest BCUT2D eigenvalue weighted by Crippen LogP contribution is -2.18. The van der Waals surface area contributed by atoms with Crippen LogP contribution in [0.4, 0.5) is 0 Å². The van der Waals surface area contributed by atoms with Crippen molar-refractivity contribution in [2.24, 2.45) is 5.92 Å². The first-order chi connectivity index (χ1) is 4.24. The second-order valence-electron chi connectivity index (χ2n) is 2.61. The molecular weight excluding hydrogens is 115 g/mol. The smallest absolute Gasteiger partial charge is 0.109 e. The van der Waals surface area contributed by atoms with E-state index in [0.717, 1.165) is 6.42 Å². The summed E-state index contributed by atoms with van der Waals surface area (Å²) in [5.41, 5.74) is 0. The van der Waals surface area contributed by atoms with Crippen LogP contribution in [0.1, 0.15) is 13.3 Å². The molecule has 1 fully saturated rings. The molecule has 0 aliphatic carbocycles. The van der Waals surface area contributed by atoms with Gasteiger partial charge in [-0.2, -0.15) is 0 Å². The van der Waals surface area contributed by atoms with Crippen molar-refractivity contribution >= 4 is 7.85 Å². The molecule has 1 saturated heterocycles. The lowest BCUT2D eigenvalue weighted by molar-refractivity contribution is 0.0293. The van der Waals surface area contributed by atoms with Crippen LogP contribution < -0.4 is 0 Å². The van der Waals surface area contributed by atoms with Crippen molar-refractivity contribution in [3.05, 3.63) is 0 Å². The Morgan fingerprint density at radius 2 is 2.44 bits per heavy atom. The Kier molecular flexibility index (Phi) is 2.14. The summed E-state index contributed by atoms with van der Waals surface area (Å²) in [5, 5.41) is 8.67. The zero-order valence-corrected chi connectivity index (χ0v) is 5.58. The third-order valence-corrected chi connectivity index (χ3v) is 1.77. The number of aliphatic hydroxyl groups is 1. The van der Waals surface area contributed by atoms with Gasteiger partial charge in [-0.3, -0.25) is 0 Å². The standard InChI is InChI=1S/C6H11BO2/c1-4-2-6(7)9-5(4)3-8/h4-6,8H,2-3H2,1H3/t4-,5+,6+/m0/s1. The third kappa shape index (κ3) is 1.46. The lowest BCUT2D eigenvalue weighted by atomic mass is 9.92.